The van der Waals surface area contributed by atoms with Gasteiger partial charge in [-0.15, -0.1) is 0 Å². The van der Waals surface area contributed by atoms with Gasteiger partial charge in [-0.2, -0.15) is 0 Å². The van der Waals surface area contributed by atoms with Crippen molar-refractivity contribution in [3.63, 3.8) is 0 Å². The lowest BCUT2D eigenvalue weighted by Gasteiger charge is -2.29. The molecule has 2 aromatic rings. The number of carbonyl (C=O) groups excluding carboxylic acids is 2. The number of rotatable bonds is 6. The number of hydrogen-bond donors (Lipinski definition) is 1. The molecule has 0 unspecified atom stereocenters. The molecule has 0 bridgehead atoms. The maximum absolute atomic E-state index is 13.2. The number of aromatic carboxylic acids is 1. The zero-order chi connectivity index (χ0) is 20.4. The highest BCUT2D eigenvalue weighted by atomic mass is 16.4. The monoisotopic (exact) mass is 391 g/mol. The van der Waals surface area contributed by atoms with E-state index >= 15 is 0 Å². The van der Waals surface area contributed by atoms with E-state index in [0.717, 1.165) is 18.4 Å². The van der Waals surface area contributed by atoms with Crippen LogP contribution < -0.4 is 0 Å². The second-order valence-electron chi connectivity index (χ2n) is 8.05. The van der Waals surface area contributed by atoms with Gasteiger partial charge in [0.15, 0.2) is 0 Å². The number of carboxylic acids is 1. The standard InChI is InChI=1S/C24H25NO4/c26-22-19-13-12-18(24(28)29)15-20(19)23(27)25(22)21(17-9-5-2-6-10-17)14-11-16-7-3-1-4-8-16/h2,5-6,9-10,12-13,15-16,21H,1,3-4,7-8,11,14H2,(H,28,29)/t21-/m1/s1. The average molecular weight is 391 g/mol. The minimum absolute atomic E-state index is 0.0187. The summed E-state index contributed by atoms with van der Waals surface area (Å²) >= 11 is 0. The fourth-order valence-electron chi connectivity index (χ4n) is 4.66. The van der Waals surface area contributed by atoms with Crippen molar-refractivity contribution >= 4 is 17.8 Å². The maximum Gasteiger partial charge on any atom is 0.335 e. The quantitative estimate of drug-likeness (QED) is 0.697. The van der Waals surface area contributed by atoms with Crippen molar-refractivity contribution in [1.29, 1.82) is 0 Å². The van der Waals surface area contributed by atoms with Crippen LogP contribution in [0.15, 0.2) is 48.5 Å². The third-order valence-corrected chi connectivity index (χ3v) is 6.23. The first-order chi connectivity index (χ1) is 14.1. The summed E-state index contributed by atoms with van der Waals surface area (Å²) in [5.74, 6) is -1.20. The van der Waals surface area contributed by atoms with Crippen LogP contribution in [0, 0.1) is 5.92 Å². The fourth-order valence-corrected chi connectivity index (χ4v) is 4.66. The van der Waals surface area contributed by atoms with Crippen LogP contribution in [0.4, 0.5) is 0 Å². The summed E-state index contributed by atoms with van der Waals surface area (Å²) in [7, 11) is 0. The maximum atomic E-state index is 13.2. The van der Waals surface area contributed by atoms with Crippen LogP contribution in [0.3, 0.4) is 0 Å². The van der Waals surface area contributed by atoms with Crippen molar-refractivity contribution in [2.45, 2.75) is 51.0 Å². The second-order valence-corrected chi connectivity index (χ2v) is 8.05. The van der Waals surface area contributed by atoms with Gasteiger partial charge in [-0.1, -0.05) is 62.4 Å². The summed E-state index contributed by atoms with van der Waals surface area (Å²) in [4.78, 5) is 38.9. The Kier molecular flexibility index (Phi) is 5.47. The highest BCUT2D eigenvalue weighted by Gasteiger charge is 2.41. The molecular formula is C24H25NO4. The van der Waals surface area contributed by atoms with Crippen LogP contribution in [0.25, 0.3) is 0 Å². The van der Waals surface area contributed by atoms with E-state index < -0.39 is 11.9 Å². The summed E-state index contributed by atoms with van der Waals surface area (Å²) in [5, 5.41) is 9.24. The molecule has 1 aliphatic carbocycles. The molecule has 0 spiro atoms. The number of fused-ring (bicyclic) bond motifs is 1. The molecule has 5 nitrogen and oxygen atoms in total. The molecular weight excluding hydrogens is 366 g/mol. The normalized spacial score (nSPS) is 18.0. The summed E-state index contributed by atoms with van der Waals surface area (Å²) in [5.41, 5.74) is 1.44. The van der Waals surface area contributed by atoms with E-state index in [1.165, 1.54) is 55.2 Å². The van der Waals surface area contributed by atoms with E-state index in [1.54, 1.807) is 0 Å². The van der Waals surface area contributed by atoms with Crippen LogP contribution >= 0.6 is 0 Å². The number of carboxylic acid groups (broad SMARTS) is 1. The Labute approximate surface area is 170 Å². The first-order valence-corrected chi connectivity index (χ1v) is 10.4. The van der Waals surface area contributed by atoms with Crippen LogP contribution in [-0.2, 0) is 0 Å². The molecule has 1 heterocycles. The number of amides is 2. The van der Waals surface area contributed by atoms with E-state index in [9.17, 15) is 19.5 Å². The molecule has 0 saturated heterocycles. The SMILES string of the molecule is O=C(O)c1ccc2c(c1)C(=O)N([C@H](CCC1CCCCC1)c1ccccc1)C2=O. The Bertz CT molecular complexity index is 931. The molecule has 2 amide bonds. The van der Waals surface area contributed by atoms with Gasteiger partial charge in [0, 0.05) is 0 Å². The zero-order valence-electron chi connectivity index (χ0n) is 16.3. The van der Waals surface area contributed by atoms with E-state index in [0.29, 0.717) is 11.5 Å². The molecule has 2 aromatic carbocycles. The highest BCUT2D eigenvalue weighted by molar-refractivity contribution is 6.22. The Morgan fingerprint density at radius 2 is 1.66 bits per heavy atom. The molecule has 1 N–H and O–H groups in total. The Morgan fingerprint density at radius 1 is 0.966 bits per heavy atom. The second kappa shape index (κ2) is 8.19. The number of carbonyl (C=O) groups is 3. The van der Waals surface area contributed by atoms with E-state index in [-0.39, 0.29) is 23.1 Å². The topological polar surface area (TPSA) is 74.7 Å². The van der Waals surface area contributed by atoms with Crippen molar-refractivity contribution in [1.82, 2.24) is 4.90 Å². The lowest BCUT2D eigenvalue weighted by molar-refractivity contribution is 0.0565. The molecule has 4 rings (SSSR count). The van der Waals surface area contributed by atoms with E-state index in [1.807, 2.05) is 30.3 Å². The van der Waals surface area contributed by atoms with Gasteiger partial charge < -0.3 is 5.11 Å². The predicted octanol–water partition coefficient (Wildman–Crippen LogP) is 5.08. The van der Waals surface area contributed by atoms with Gasteiger partial charge in [0.05, 0.1) is 22.7 Å². The van der Waals surface area contributed by atoms with Crippen LogP contribution in [0.1, 0.15) is 87.6 Å². The number of benzene rings is 2. The van der Waals surface area contributed by atoms with Crippen molar-refractivity contribution in [3.05, 3.63) is 70.8 Å². The van der Waals surface area contributed by atoms with Gasteiger partial charge in [-0.25, -0.2) is 4.79 Å². The molecule has 0 aromatic heterocycles. The molecule has 150 valence electrons. The van der Waals surface area contributed by atoms with Crippen LogP contribution in [0.2, 0.25) is 0 Å². The highest BCUT2D eigenvalue weighted by Crippen LogP contribution is 2.37. The van der Waals surface area contributed by atoms with Crippen molar-refractivity contribution in [3.8, 4) is 0 Å². The molecule has 29 heavy (non-hydrogen) atoms. The van der Waals surface area contributed by atoms with Gasteiger partial charge in [0.1, 0.15) is 0 Å². The van der Waals surface area contributed by atoms with Crippen LogP contribution in [0.5, 0.6) is 0 Å². The number of imide groups is 1. The lowest BCUT2D eigenvalue weighted by Crippen LogP contribution is -2.34. The summed E-state index contributed by atoms with van der Waals surface area (Å²) < 4.78 is 0. The van der Waals surface area contributed by atoms with E-state index in [4.69, 9.17) is 0 Å². The Balaban J connectivity index is 1.64. The van der Waals surface area contributed by atoms with Crippen molar-refractivity contribution in [2.75, 3.05) is 0 Å². The molecule has 0 radical (unpaired) electrons. The Hall–Kier alpha value is -2.95. The molecule has 1 fully saturated rings. The smallest absolute Gasteiger partial charge is 0.335 e. The fraction of sp³-hybridized carbons (Fsp3) is 0.375. The largest absolute Gasteiger partial charge is 0.478 e. The first kappa shape index (κ1) is 19.4. The lowest BCUT2D eigenvalue weighted by atomic mass is 9.84. The van der Waals surface area contributed by atoms with Gasteiger partial charge in [0.25, 0.3) is 11.8 Å². The zero-order valence-corrected chi connectivity index (χ0v) is 16.3. The molecule has 1 aliphatic heterocycles. The van der Waals surface area contributed by atoms with Gasteiger partial charge in [-0.05, 0) is 42.5 Å². The number of hydrogen-bond acceptors (Lipinski definition) is 3. The van der Waals surface area contributed by atoms with E-state index in [2.05, 4.69) is 0 Å². The Morgan fingerprint density at radius 3 is 2.34 bits per heavy atom. The van der Waals surface area contributed by atoms with Gasteiger partial charge >= 0.3 is 5.97 Å². The minimum atomic E-state index is -1.11. The van der Waals surface area contributed by atoms with Gasteiger partial charge in [0.2, 0.25) is 0 Å². The van der Waals surface area contributed by atoms with Crippen molar-refractivity contribution < 1.29 is 19.5 Å². The molecule has 1 saturated carbocycles. The van der Waals surface area contributed by atoms with Gasteiger partial charge in [-0.3, -0.25) is 14.5 Å². The minimum Gasteiger partial charge on any atom is -0.478 e. The van der Waals surface area contributed by atoms with Crippen molar-refractivity contribution in [2.24, 2.45) is 5.92 Å². The summed E-state index contributed by atoms with van der Waals surface area (Å²) in [6.45, 7) is 0. The summed E-state index contributed by atoms with van der Waals surface area (Å²) in [6, 6.07) is 13.5. The average Bonchev–Trinajstić information content (AvgIpc) is 3.00. The number of nitrogens with zero attached hydrogens (tertiary/aromatic N) is 1. The molecule has 5 heteroatoms. The molecule has 2 aliphatic rings. The summed E-state index contributed by atoms with van der Waals surface area (Å²) in [6.07, 6.45) is 7.94. The molecule has 1 atom stereocenters. The first-order valence-electron chi connectivity index (χ1n) is 10.4. The third-order valence-electron chi connectivity index (χ3n) is 6.23. The third kappa shape index (κ3) is 3.82. The predicted molar refractivity (Wildman–Crippen MR) is 109 cm³/mol. The van der Waals surface area contributed by atoms with Crippen LogP contribution in [-0.4, -0.2) is 27.8 Å².